The summed E-state index contributed by atoms with van der Waals surface area (Å²) >= 11 is 0. The second-order valence-corrected chi connectivity index (χ2v) is 4.86. The lowest BCUT2D eigenvalue weighted by Crippen LogP contribution is -2.32. The maximum Gasteiger partial charge on any atom is 0.225 e. The van der Waals surface area contributed by atoms with Gasteiger partial charge in [0.2, 0.25) is 5.91 Å². The van der Waals surface area contributed by atoms with Crippen LogP contribution in [0.5, 0.6) is 0 Å². The fourth-order valence-electron chi connectivity index (χ4n) is 2.16. The molecule has 1 amide bonds. The average Bonchev–Trinajstić information content (AvgIpc) is 2.78. The van der Waals surface area contributed by atoms with Gasteiger partial charge in [-0.15, -0.1) is 0 Å². The van der Waals surface area contributed by atoms with Gasteiger partial charge in [-0.2, -0.15) is 0 Å². The zero-order valence-corrected chi connectivity index (χ0v) is 10.7. The number of ether oxygens (including phenoxy) is 1. The number of rotatable bonds is 4. The predicted octanol–water partition coefficient (Wildman–Crippen LogP) is 1.35. The molecular weight excluding hydrogens is 228 g/mol. The summed E-state index contributed by atoms with van der Waals surface area (Å²) in [6.45, 7) is 3.21. The monoisotopic (exact) mass is 248 g/mol. The lowest BCUT2D eigenvalue weighted by atomic mass is 10.1. The van der Waals surface area contributed by atoms with Gasteiger partial charge in [0.1, 0.15) is 0 Å². The van der Waals surface area contributed by atoms with Crippen LogP contribution in [0.15, 0.2) is 24.3 Å². The summed E-state index contributed by atoms with van der Waals surface area (Å²) < 4.78 is 5.39. The maximum atomic E-state index is 11.8. The van der Waals surface area contributed by atoms with E-state index in [1.54, 1.807) is 0 Å². The van der Waals surface area contributed by atoms with Crippen LogP contribution in [0, 0.1) is 5.92 Å². The maximum absolute atomic E-state index is 11.8. The summed E-state index contributed by atoms with van der Waals surface area (Å²) in [5, 5.41) is 2.96. The van der Waals surface area contributed by atoms with Crippen molar-refractivity contribution >= 4 is 11.6 Å². The fourth-order valence-corrected chi connectivity index (χ4v) is 2.16. The van der Waals surface area contributed by atoms with Crippen molar-refractivity contribution in [3.05, 3.63) is 29.8 Å². The number of nitrogen functional groups attached to an aromatic ring is 1. The zero-order valence-electron chi connectivity index (χ0n) is 10.7. The Labute approximate surface area is 108 Å². The van der Waals surface area contributed by atoms with E-state index in [1.807, 2.05) is 31.2 Å². The number of nitrogens with one attached hydrogen (secondary N) is 1. The van der Waals surface area contributed by atoms with Gasteiger partial charge >= 0.3 is 0 Å². The molecule has 4 heteroatoms. The molecule has 0 aliphatic carbocycles. The Kier molecular flexibility index (Phi) is 4.20. The summed E-state index contributed by atoms with van der Waals surface area (Å²) in [4.78, 5) is 11.8. The predicted molar refractivity (Wildman–Crippen MR) is 71.1 cm³/mol. The van der Waals surface area contributed by atoms with E-state index in [4.69, 9.17) is 10.5 Å². The standard InChI is InChI=1S/C14H20N2O2/c1-10-8-12(9-18-10)14(17)16-7-6-11-2-4-13(15)5-3-11/h2-5,10,12H,6-9,15H2,1H3,(H,16,17). The van der Waals surface area contributed by atoms with E-state index in [2.05, 4.69) is 5.32 Å². The average molecular weight is 248 g/mol. The quantitative estimate of drug-likeness (QED) is 0.791. The van der Waals surface area contributed by atoms with E-state index in [-0.39, 0.29) is 17.9 Å². The smallest absolute Gasteiger partial charge is 0.225 e. The molecule has 1 aliphatic rings. The van der Waals surface area contributed by atoms with Crippen LogP contribution in [-0.4, -0.2) is 25.2 Å². The second-order valence-electron chi connectivity index (χ2n) is 4.86. The van der Waals surface area contributed by atoms with Crippen molar-refractivity contribution in [2.24, 2.45) is 5.92 Å². The lowest BCUT2D eigenvalue weighted by Gasteiger charge is -2.09. The van der Waals surface area contributed by atoms with Crippen molar-refractivity contribution in [1.82, 2.24) is 5.32 Å². The highest BCUT2D eigenvalue weighted by molar-refractivity contribution is 5.79. The molecule has 1 aromatic rings. The molecule has 2 unspecified atom stereocenters. The Hall–Kier alpha value is -1.55. The van der Waals surface area contributed by atoms with Crippen LogP contribution in [0.1, 0.15) is 18.9 Å². The number of anilines is 1. The largest absolute Gasteiger partial charge is 0.399 e. The van der Waals surface area contributed by atoms with E-state index in [0.717, 1.165) is 18.5 Å². The van der Waals surface area contributed by atoms with Gasteiger partial charge in [-0.1, -0.05) is 12.1 Å². The molecule has 1 saturated heterocycles. The first-order valence-corrected chi connectivity index (χ1v) is 6.39. The van der Waals surface area contributed by atoms with Crippen molar-refractivity contribution in [3.8, 4) is 0 Å². The van der Waals surface area contributed by atoms with Gasteiger partial charge in [-0.05, 0) is 37.5 Å². The van der Waals surface area contributed by atoms with E-state index in [9.17, 15) is 4.79 Å². The molecule has 0 radical (unpaired) electrons. The van der Waals surface area contributed by atoms with Crippen molar-refractivity contribution < 1.29 is 9.53 Å². The highest BCUT2D eigenvalue weighted by Gasteiger charge is 2.27. The van der Waals surface area contributed by atoms with Crippen molar-refractivity contribution in [1.29, 1.82) is 0 Å². The number of hydrogen-bond acceptors (Lipinski definition) is 3. The molecule has 1 aliphatic heterocycles. The number of nitrogens with two attached hydrogens (primary N) is 1. The number of carbonyl (C=O) groups excluding carboxylic acids is 1. The van der Waals surface area contributed by atoms with Crippen LogP contribution >= 0.6 is 0 Å². The minimum atomic E-state index is 0.0198. The molecule has 2 atom stereocenters. The number of hydrogen-bond donors (Lipinski definition) is 2. The first-order chi connectivity index (χ1) is 8.65. The first-order valence-electron chi connectivity index (χ1n) is 6.39. The highest BCUT2D eigenvalue weighted by atomic mass is 16.5. The van der Waals surface area contributed by atoms with Gasteiger partial charge in [0, 0.05) is 12.2 Å². The summed E-state index contributed by atoms with van der Waals surface area (Å²) in [5.74, 6) is 0.126. The van der Waals surface area contributed by atoms with Gasteiger partial charge in [0.25, 0.3) is 0 Å². The van der Waals surface area contributed by atoms with Crippen LogP contribution in [0.4, 0.5) is 5.69 Å². The molecule has 3 N–H and O–H groups in total. The molecule has 98 valence electrons. The third kappa shape index (κ3) is 3.47. The van der Waals surface area contributed by atoms with Crippen LogP contribution < -0.4 is 11.1 Å². The van der Waals surface area contributed by atoms with Crippen LogP contribution in [0.3, 0.4) is 0 Å². The van der Waals surface area contributed by atoms with Crippen molar-refractivity contribution in [2.45, 2.75) is 25.9 Å². The van der Waals surface area contributed by atoms with Crippen molar-refractivity contribution in [2.75, 3.05) is 18.9 Å². The minimum Gasteiger partial charge on any atom is -0.399 e. The van der Waals surface area contributed by atoms with E-state index < -0.39 is 0 Å². The second kappa shape index (κ2) is 5.87. The number of amides is 1. The molecule has 0 spiro atoms. The van der Waals surface area contributed by atoms with Crippen LogP contribution in [0.25, 0.3) is 0 Å². The van der Waals surface area contributed by atoms with E-state index in [1.165, 1.54) is 5.56 Å². The SMILES string of the molecule is CC1CC(C(=O)NCCc2ccc(N)cc2)CO1. The minimum absolute atomic E-state index is 0.0198. The third-order valence-electron chi connectivity index (χ3n) is 3.26. The third-order valence-corrected chi connectivity index (χ3v) is 3.26. The fraction of sp³-hybridized carbons (Fsp3) is 0.500. The Morgan fingerprint density at radius 2 is 2.17 bits per heavy atom. The van der Waals surface area contributed by atoms with Gasteiger partial charge in [0.15, 0.2) is 0 Å². The Morgan fingerprint density at radius 1 is 1.44 bits per heavy atom. The normalized spacial score (nSPS) is 22.9. The van der Waals surface area contributed by atoms with Crippen molar-refractivity contribution in [3.63, 3.8) is 0 Å². The molecular formula is C14H20N2O2. The zero-order chi connectivity index (χ0) is 13.0. The Morgan fingerprint density at radius 3 is 2.78 bits per heavy atom. The van der Waals surface area contributed by atoms with Gasteiger partial charge in [-0.3, -0.25) is 4.79 Å². The lowest BCUT2D eigenvalue weighted by molar-refractivity contribution is -0.124. The molecule has 1 heterocycles. The molecule has 1 aromatic carbocycles. The molecule has 0 saturated carbocycles. The highest BCUT2D eigenvalue weighted by Crippen LogP contribution is 2.18. The molecule has 2 rings (SSSR count). The summed E-state index contributed by atoms with van der Waals surface area (Å²) in [7, 11) is 0. The molecule has 0 bridgehead atoms. The number of carbonyl (C=O) groups is 1. The topological polar surface area (TPSA) is 64.4 Å². The molecule has 1 fully saturated rings. The van der Waals surface area contributed by atoms with Gasteiger partial charge in [0.05, 0.1) is 18.6 Å². The van der Waals surface area contributed by atoms with Gasteiger partial charge in [-0.25, -0.2) is 0 Å². The Balaban J connectivity index is 1.72. The number of benzene rings is 1. The van der Waals surface area contributed by atoms with Crippen LogP contribution in [-0.2, 0) is 16.0 Å². The summed E-state index contributed by atoms with van der Waals surface area (Å²) in [6.07, 6.45) is 1.86. The molecule has 0 aromatic heterocycles. The summed E-state index contributed by atoms with van der Waals surface area (Å²) in [5.41, 5.74) is 7.56. The Bertz CT molecular complexity index is 403. The first kappa shape index (κ1) is 12.9. The van der Waals surface area contributed by atoms with E-state index in [0.29, 0.717) is 13.2 Å². The summed E-state index contributed by atoms with van der Waals surface area (Å²) in [6, 6.07) is 7.73. The van der Waals surface area contributed by atoms with Crippen LogP contribution in [0.2, 0.25) is 0 Å². The van der Waals surface area contributed by atoms with E-state index >= 15 is 0 Å². The molecule has 18 heavy (non-hydrogen) atoms. The van der Waals surface area contributed by atoms with Gasteiger partial charge < -0.3 is 15.8 Å². The molecule has 4 nitrogen and oxygen atoms in total.